The summed E-state index contributed by atoms with van der Waals surface area (Å²) in [6.45, 7) is 3.18. The number of primary amides is 2. The molecule has 1 aliphatic rings. The first-order chi connectivity index (χ1) is 10.1. The van der Waals surface area contributed by atoms with Gasteiger partial charge in [-0.3, -0.25) is 9.59 Å². The molecule has 0 spiro atoms. The predicted octanol–water partition coefficient (Wildman–Crippen LogP) is 0.358. The highest BCUT2D eigenvalue weighted by Gasteiger charge is 2.19. The van der Waals surface area contributed by atoms with Crippen molar-refractivity contribution >= 4 is 17.5 Å². The fraction of sp³-hybridized carbons (Fsp3) is 0.467. The van der Waals surface area contributed by atoms with Gasteiger partial charge in [-0.25, -0.2) is 0 Å². The maximum atomic E-state index is 11.5. The summed E-state index contributed by atoms with van der Waals surface area (Å²) in [5.74, 6) is -1.34. The number of rotatable bonds is 6. The number of ether oxygens (including phenoxy) is 1. The number of amides is 2. The number of hydrogen-bond donors (Lipinski definition) is 2. The highest BCUT2D eigenvalue weighted by molar-refractivity contribution is 5.83. The molecule has 2 rings (SSSR count). The van der Waals surface area contributed by atoms with Gasteiger partial charge in [-0.15, -0.1) is 0 Å². The minimum absolute atomic E-state index is 0.152. The normalized spacial score (nSPS) is 16.5. The SMILES string of the molecule is NC(=O)CCC(C(N)=O)c1ccc(N2CCOCC2)cc1. The first kappa shape index (κ1) is 15.3. The number of hydrogen-bond acceptors (Lipinski definition) is 4. The van der Waals surface area contributed by atoms with Gasteiger partial charge in [0.1, 0.15) is 0 Å². The molecule has 114 valence electrons. The molecular weight excluding hydrogens is 270 g/mol. The van der Waals surface area contributed by atoms with E-state index in [4.69, 9.17) is 16.2 Å². The van der Waals surface area contributed by atoms with E-state index in [1.807, 2.05) is 24.3 Å². The molecule has 0 saturated carbocycles. The van der Waals surface area contributed by atoms with Crippen molar-refractivity contribution in [3.8, 4) is 0 Å². The van der Waals surface area contributed by atoms with Crippen LogP contribution in [0.15, 0.2) is 24.3 Å². The fourth-order valence-corrected chi connectivity index (χ4v) is 2.50. The van der Waals surface area contributed by atoms with Crippen LogP contribution in [0.25, 0.3) is 0 Å². The first-order valence-corrected chi connectivity index (χ1v) is 7.08. The van der Waals surface area contributed by atoms with Gasteiger partial charge in [0.05, 0.1) is 19.1 Å². The second-order valence-electron chi connectivity index (χ2n) is 5.15. The molecule has 0 bridgehead atoms. The Labute approximate surface area is 124 Å². The summed E-state index contributed by atoms with van der Waals surface area (Å²) < 4.78 is 5.32. The van der Waals surface area contributed by atoms with Gasteiger partial charge >= 0.3 is 0 Å². The number of carbonyl (C=O) groups excluding carboxylic acids is 2. The van der Waals surface area contributed by atoms with Gasteiger partial charge in [0.15, 0.2) is 0 Å². The molecule has 1 aliphatic heterocycles. The number of nitrogens with zero attached hydrogens (tertiary/aromatic N) is 1. The number of carbonyl (C=O) groups is 2. The largest absolute Gasteiger partial charge is 0.378 e. The van der Waals surface area contributed by atoms with Crippen molar-refractivity contribution in [2.75, 3.05) is 31.2 Å². The molecular formula is C15H21N3O3. The molecule has 4 N–H and O–H groups in total. The molecule has 0 aromatic heterocycles. The minimum atomic E-state index is -0.476. The molecule has 1 unspecified atom stereocenters. The zero-order chi connectivity index (χ0) is 15.2. The second kappa shape index (κ2) is 7.08. The zero-order valence-corrected chi connectivity index (χ0v) is 12.0. The second-order valence-corrected chi connectivity index (χ2v) is 5.15. The first-order valence-electron chi connectivity index (χ1n) is 7.08. The Balaban J connectivity index is 2.07. The molecule has 1 atom stereocenters. The van der Waals surface area contributed by atoms with Crippen LogP contribution in [0, 0.1) is 0 Å². The maximum absolute atomic E-state index is 11.5. The van der Waals surface area contributed by atoms with Crippen molar-refractivity contribution in [1.82, 2.24) is 0 Å². The van der Waals surface area contributed by atoms with E-state index in [0.717, 1.165) is 37.6 Å². The Morgan fingerprint density at radius 2 is 1.76 bits per heavy atom. The van der Waals surface area contributed by atoms with Crippen LogP contribution in [-0.4, -0.2) is 38.1 Å². The maximum Gasteiger partial charge on any atom is 0.224 e. The van der Waals surface area contributed by atoms with Gasteiger partial charge in [-0.1, -0.05) is 12.1 Å². The standard InChI is InChI=1S/C15H21N3O3/c16-14(19)6-5-13(15(17)20)11-1-3-12(4-2-11)18-7-9-21-10-8-18/h1-4,13H,5-10H2,(H2,16,19)(H2,17,20). The third-order valence-corrected chi connectivity index (χ3v) is 3.69. The van der Waals surface area contributed by atoms with Crippen LogP contribution in [0.1, 0.15) is 24.3 Å². The van der Waals surface area contributed by atoms with Gasteiger partial charge in [0.2, 0.25) is 11.8 Å². The number of anilines is 1. The highest BCUT2D eigenvalue weighted by Crippen LogP contribution is 2.24. The number of morpholine rings is 1. The Morgan fingerprint density at radius 1 is 1.14 bits per heavy atom. The molecule has 1 fully saturated rings. The number of nitrogens with two attached hydrogens (primary N) is 2. The quantitative estimate of drug-likeness (QED) is 0.790. The molecule has 21 heavy (non-hydrogen) atoms. The third kappa shape index (κ3) is 4.19. The van der Waals surface area contributed by atoms with E-state index < -0.39 is 17.7 Å². The molecule has 2 amide bonds. The van der Waals surface area contributed by atoms with Crippen LogP contribution in [0.5, 0.6) is 0 Å². The lowest BCUT2D eigenvalue weighted by Gasteiger charge is -2.29. The van der Waals surface area contributed by atoms with Crippen molar-refractivity contribution in [2.24, 2.45) is 11.5 Å². The van der Waals surface area contributed by atoms with E-state index in [1.165, 1.54) is 0 Å². The van der Waals surface area contributed by atoms with E-state index in [1.54, 1.807) is 0 Å². The van der Waals surface area contributed by atoms with Crippen LogP contribution in [0.4, 0.5) is 5.69 Å². The van der Waals surface area contributed by atoms with Crippen molar-refractivity contribution in [3.05, 3.63) is 29.8 Å². The van der Waals surface area contributed by atoms with Crippen molar-refractivity contribution in [2.45, 2.75) is 18.8 Å². The monoisotopic (exact) mass is 291 g/mol. The van der Waals surface area contributed by atoms with Crippen LogP contribution < -0.4 is 16.4 Å². The number of benzene rings is 1. The van der Waals surface area contributed by atoms with Crippen molar-refractivity contribution in [1.29, 1.82) is 0 Å². The van der Waals surface area contributed by atoms with Crippen LogP contribution in [-0.2, 0) is 14.3 Å². The van der Waals surface area contributed by atoms with Gasteiger partial charge < -0.3 is 21.1 Å². The Kier molecular flexibility index (Phi) is 5.16. The van der Waals surface area contributed by atoms with Crippen LogP contribution in [0.2, 0.25) is 0 Å². The van der Waals surface area contributed by atoms with E-state index >= 15 is 0 Å². The van der Waals surface area contributed by atoms with Gasteiger partial charge in [0.25, 0.3) is 0 Å². The van der Waals surface area contributed by atoms with Crippen molar-refractivity contribution in [3.63, 3.8) is 0 Å². The summed E-state index contributed by atoms with van der Waals surface area (Å²) in [4.78, 5) is 24.6. The van der Waals surface area contributed by atoms with Gasteiger partial charge in [-0.05, 0) is 24.1 Å². The minimum Gasteiger partial charge on any atom is -0.378 e. The van der Waals surface area contributed by atoms with E-state index in [2.05, 4.69) is 4.90 Å². The zero-order valence-electron chi connectivity index (χ0n) is 12.0. The predicted molar refractivity (Wildman–Crippen MR) is 79.8 cm³/mol. The van der Waals surface area contributed by atoms with Crippen LogP contribution >= 0.6 is 0 Å². The topological polar surface area (TPSA) is 98.7 Å². The van der Waals surface area contributed by atoms with Gasteiger partial charge in [0, 0.05) is 25.2 Å². The van der Waals surface area contributed by atoms with Gasteiger partial charge in [-0.2, -0.15) is 0 Å². The Hall–Kier alpha value is -2.08. The van der Waals surface area contributed by atoms with Crippen LogP contribution in [0.3, 0.4) is 0 Å². The summed E-state index contributed by atoms with van der Waals surface area (Å²) in [7, 11) is 0. The molecule has 0 aliphatic carbocycles. The lowest BCUT2D eigenvalue weighted by atomic mass is 9.93. The third-order valence-electron chi connectivity index (χ3n) is 3.69. The Morgan fingerprint density at radius 3 is 2.29 bits per heavy atom. The molecule has 6 heteroatoms. The van der Waals surface area contributed by atoms with E-state index in [0.29, 0.717) is 6.42 Å². The fourth-order valence-electron chi connectivity index (χ4n) is 2.50. The molecule has 1 heterocycles. The summed E-state index contributed by atoms with van der Waals surface area (Å²) in [5, 5.41) is 0. The average molecular weight is 291 g/mol. The molecule has 1 saturated heterocycles. The lowest BCUT2D eigenvalue weighted by molar-refractivity contribution is -0.120. The van der Waals surface area contributed by atoms with E-state index in [9.17, 15) is 9.59 Å². The molecule has 6 nitrogen and oxygen atoms in total. The summed E-state index contributed by atoms with van der Waals surface area (Å²) >= 11 is 0. The summed E-state index contributed by atoms with van der Waals surface area (Å²) in [6, 6.07) is 7.73. The Bertz CT molecular complexity index is 495. The summed E-state index contributed by atoms with van der Waals surface area (Å²) in [6.07, 6.45) is 0.500. The lowest BCUT2D eigenvalue weighted by Crippen LogP contribution is -2.36. The molecule has 1 aromatic rings. The van der Waals surface area contributed by atoms with E-state index in [-0.39, 0.29) is 6.42 Å². The smallest absolute Gasteiger partial charge is 0.224 e. The average Bonchev–Trinajstić information content (AvgIpc) is 2.48. The summed E-state index contributed by atoms with van der Waals surface area (Å²) in [5.41, 5.74) is 12.5. The molecule has 0 radical (unpaired) electrons. The van der Waals surface area contributed by atoms with Crippen molar-refractivity contribution < 1.29 is 14.3 Å². The molecule has 1 aromatic carbocycles. The highest BCUT2D eigenvalue weighted by atomic mass is 16.5.